The van der Waals surface area contributed by atoms with Crippen molar-refractivity contribution in [1.82, 2.24) is 0 Å². The number of phenols is 1. The topological polar surface area (TPSA) is 20.2 Å². The van der Waals surface area contributed by atoms with Gasteiger partial charge in [0.2, 0.25) is 0 Å². The van der Waals surface area contributed by atoms with Crippen molar-refractivity contribution < 1.29 is 5.11 Å². The van der Waals surface area contributed by atoms with Gasteiger partial charge in [-0.2, -0.15) is 0 Å². The standard InChI is InChI=1S/C25H36O/c1-5-7-8-9-10-14-17-22-20(6-2)18-19-23(26)24(22)25(3,4)21-15-12-11-13-16-21/h11-13,15-16,18-19,26H,5-10,14,17H2,1-4H3. The van der Waals surface area contributed by atoms with Crippen LogP contribution in [0.2, 0.25) is 0 Å². The third-order valence-corrected chi connectivity index (χ3v) is 5.67. The number of benzene rings is 2. The molecule has 1 N–H and O–H groups in total. The number of hydrogen-bond acceptors (Lipinski definition) is 1. The van der Waals surface area contributed by atoms with Gasteiger partial charge in [-0.3, -0.25) is 0 Å². The Hall–Kier alpha value is -1.76. The van der Waals surface area contributed by atoms with Gasteiger partial charge in [0.15, 0.2) is 0 Å². The molecule has 0 aromatic heterocycles. The molecule has 2 aromatic rings. The minimum Gasteiger partial charge on any atom is -0.508 e. The van der Waals surface area contributed by atoms with Gasteiger partial charge in [-0.1, -0.05) is 96.2 Å². The maximum absolute atomic E-state index is 10.8. The van der Waals surface area contributed by atoms with Crippen molar-refractivity contribution >= 4 is 0 Å². The van der Waals surface area contributed by atoms with Crippen LogP contribution in [0.1, 0.15) is 88.5 Å². The van der Waals surface area contributed by atoms with Crippen LogP contribution in [0.4, 0.5) is 0 Å². The number of aryl methyl sites for hydroxylation is 1. The predicted molar refractivity (Wildman–Crippen MR) is 113 cm³/mol. The normalized spacial score (nSPS) is 11.7. The van der Waals surface area contributed by atoms with E-state index >= 15 is 0 Å². The van der Waals surface area contributed by atoms with E-state index in [1.165, 1.54) is 55.2 Å². The molecule has 0 amide bonds. The molecular formula is C25H36O. The molecule has 0 saturated carbocycles. The number of unbranched alkanes of at least 4 members (excludes halogenated alkanes) is 5. The minimum absolute atomic E-state index is 0.200. The lowest BCUT2D eigenvalue weighted by Crippen LogP contribution is -2.22. The van der Waals surface area contributed by atoms with Gasteiger partial charge >= 0.3 is 0 Å². The Kier molecular flexibility index (Phi) is 7.75. The zero-order valence-corrected chi connectivity index (χ0v) is 17.1. The molecule has 0 radical (unpaired) electrons. The quantitative estimate of drug-likeness (QED) is 0.449. The summed E-state index contributed by atoms with van der Waals surface area (Å²) in [6.07, 6.45) is 9.88. The Labute approximate surface area is 160 Å². The van der Waals surface area contributed by atoms with E-state index in [-0.39, 0.29) is 5.41 Å². The molecule has 2 rings (SSSR count). The second-order valence-electron chi connectivity index (χ2n) is 7.96. The first kappa shape index (κ1) is 20.6. The predicted octanol–water partition coefficient (Wildman–Crippen LogP) is 7.18. The Morgan fingerprint density at radius 2 is 1.46 bits per heavy atom. The molecule has 0 atom stereocenters. The Morgan fingerprint density at radius 3 is 2.12 bits per heavy atom. The van der Waals surface area contributed by atoms with Crippen molar-refractivity contribution in [2.75, 3.05) is 0 Å². The summed E-state index contributed by atoms with van der Waals surface area (Å²) >= 11 is 0. The van der Waals surface area contributed by atoms with Crippen LogP contribution in [-0.2, 0) is 18.3 Å². The van der Waals surface area contributed by atoms with E-state index in [4.69, 9.17) is 0 Å². The second kappa shape index (κ2) is 9.80. The first-order valence-electron chi connectivity index (χ1n) is 10.4. The van der Waals surface area contributed by atoms with E-state index in [1.54, 1.807) is 0 Å². The summed E-state index contributed by atoms with van der Waals surface area (Å²) in [6, 6.07) is 14.6. The molecule has 0 unspecified atom stereocenters. The molecule has 0 bridgehead atoms. The van der Waals surface area contributed by atoms with Crippen molar-refractivity contribution in [2.24, 2.45) is 0 Å². The zero-order valence-electron chi connectivity index (χ0n) is 17.1. The van der Waals surface area contributed by atoms with Crippen molar-refractivity contribution in [3.63, 3.8) is 0 Å². The van der Waals surface area contributed by atoms with Gasteiger partial charge in [-0.15, -0.1) is 0 Å². The summed E-state index contributed by atoms with van der Waals surface area (Å²) < 4.78 is 0. The van der Waals surface area contributed by atoms with E-state index in [1.807, 2.05) is 6.07 Å². The fraction of sp³-hybridized carbons (Fsp3) is 0.520. The SMILES string of the molecule is CCCCCCCCc1c(CC)ccc(O)c1C(C)(C)c1ccccc1. The summed E-state index contributed by atoms with van der Waals surface area (Å²) in [5.41, 5.74) is 4.94. The molecule has 0 heterocycles. The third kappa shape index (κ3) is 4.90. The van der Waals surface area contributed by atoms with Crippen LogP contribution >= 0.6 is 0 Å². The van der Waals surface area contributed by atoms with Gasteiger partial charge in [0.05, 0.1) is 0 Å². The van der Waals surface area contributed by atoms with Crippen LogP contribution in [0, 0.1) is 0 Å². The molecule has 0 aliphatic rings. The van der Waals surface area contributed by atoms with Gasteiger partial charge < -0.3 is 5.11 Å². The van der Waals surface area contributed by atoms with Gasteiger partial charge in [-0.25, -0.2) is 0 Å². The first-order chi connectivity index (χ1) is 12.5. The van der Waals surface area contributed by atoms with Crippen LogP contribution in [0.25, 0.3) is 0 Å². The fourth-order valence-electron chi connectivity index (χ4n) is 4.07. The molecule has 0 aliphatic carbocycles. The lowest BCUT2D eigenvalue weighted by atomic mass is 9.73. The van der Waals surface area contributed by atoms with Crippen LogP contribution in [-0.4, -0.2) is 5.11 Å². The average Bonchev–Trinajstić information content (AvgIpc) is 2.65. The second-order valence-corrected chi connectivity index (χ2v) is 7.96. The zero-order chi connectivity index (χ0) is 19.0. The summed E-state index contributed by atoms with van der Waals surface area (Å²) in [5, 5.41) is 10.8. The third-order valence-electron chi connectivity index (χ3n) is 5.67. The maximum Gasteiger partial charge on any atom is 0.119 e. The highest BCUT2D eigenvalue weighted by atomic mass is 16.3. The first-order valence-corrected chi connectivity index (χ1v) is 10.4. The van der Waals surface area contributed by atoms with E-state index < -0.39 is 0 Å². The van der Waals surface area contributed by atoms with Crippen molar-refractivity contribution in [1.29, 1.82) is 0 Å². The van der Waals surface area contributed by atoms with Gasteiger partial charge in [0.1, 0.15) is 5.75 Å². The van der Waals surface area contributed by atoms with Crippen molar-refractivity contribution in [2.45, 2.75) is 84.5 Å². The molecule has 26 heavy (non-hydrogen) atoms. The monoisotopic (exact) mass is 352 g/mol. The molecule has 0 spiro atoms. The van der Waals surface area contributed by atoms with Gasteiger partial charge in [-0.05, 0) is 42.0 Å². The lowest BCUT2D eigenvalue weighted by Gasteiger charge is -2.31. The number of rotatable bonds is 10. The smallest absolute Gasteiger partial charge is 0.119 e. The molecule has 0 aliphatic heterocycles. The highest BCUT2D eigenvalue weighted by molar-refractivity contribution is 5.53. The highest BCUT2D eigenvalue weighted by Gasteiger charge is 2.29. The van der Waals surface area contributed by atoms with E-state index in [0.717, 1.165) is 18.4 Å². The minimum atomic E-state index is -0.200. The highest BCUT2D eigenvalue weighted by Crippen LogP contribution is 2.41. The molecule has 0 fully saturated rings. The number of hydrogen-bond donors (Lipinski definition) is 1. The van der Waals surface area contributed by atoms with Crippen LogP contribution in [0.3, 0.4) is 0 Å². The Morgan fingerprint density at radius 1 is 0.808 bits per heavy atom. The lowest BCUT2D eigenvalue weighted by molar-refractivity contribution is 0.449. The molecular weight excluding hydrogens is 316 g/mol. The molecule has 2 aromatic carbocycles. The summed E-state index contributed by atoms with van der Waals surface area (Å²) in [4.78, 5) is 0. The summed E-state index contributed by atoms with van der Waals surface area (Å²) in [5.74, 6) is 0.442. The Balaban J connectivity index is 2.30. The van der Waals surface area contributed by atoms with Crippen LogP contribution in [0.15, 0.2) is 42.5 Å². The van der Waals surface area contributed by atoms with Crippen LogP contribution in [0.5, 0.6) is 5.75 Å². The fourth-order valence-corrected chi connectivity index (χ4v) is 4.07. The van der Waals surface area contributed by atoms with Crippen molar-refractivity contribution in [3.8, 4) is 5.75 Å². The molecule has 1 heteroatoms. The molecule has 1 nitrogen and oxygen atoms in total. The largest absolute Gasteiger partial charge is 0.508 e. The summed E-state index contributed by atoms with van der Waals surface area (Å²) in [6.45, 7) is 8.96. The average molecular weight is 353 g/mol. The van der Waals surface area contributed by atoms with Gasteiger partial charge in [0, 0.05) is 11.0 Å². The van der Waals surface area contributed by atoms with Gasteiger partial charge in [0.25, 0.3) is 0 Å². The molecule has 142 valence electrons. The van der Waals surface area contributed by atoms with E-state index in [0.29, 0.717) is 5.75 Å². The van der Waals surface area contributed by atoms with E-state index in [9.17, 15) is 5.11 Å². The van der Waals surface area contributed by atoms with Crippen molar-refractivity contribution in [3.05, 3.63) is 64.7 Å². The Bertz CT molecular complexity index is 670. The summed E-state index contributed by atoms with van der Waals surface area (Å²) in [7, 11) is 0. The maximum atomic E-state index is 10.8. The van der Waals surface area contributed by atoms with Crippen LogP contribution < -0.4 is 0 Å². The van der Waals surface area contributed by atoms with E-state index in [2.05, 4.69) is 64.1 Å². The number of phenolic OH excluding ortho intramolecular Hbond substituents is 1. The number of aromatic hydroxyl groups is 1. The molecule has 0 saturated heterocycles.